The Morgan fingerprint density at radius 3 is 2.06 bits per heavy atom. The maximum Gasteiger partial charge on any atom is 0.0419 e. The van der Waals surface area contributed by atoms with Gasteiger partial charge in [0.25, 0.3) is 0 Å². The molecule has 16 heavy (non-hydrogen) atoms. The van der Waals surface area contributed by atoms with Crippen molar-refractivity contribution in [3.05, 3.63) is 11.4 Å². The number of allylic oxidation sites excluding steroid dienone is 2. The second kappa shape index (κ2) is 4.83. The van der Waals surface area contributed by atoms with Gasteiger partial charge in [-0.1, -0.05) is 50.5 Å². The maximum atomic E-state index is 3.61. The van der Waals surface area contributed by atoms with Crippen LogP contribution in [0.4, 0.5) is 0 Å². The van der Waals surface area contributed by atoms with Gasteiger partial charge in [0.1, 0.15) is 0 Å². The molecule has 1 heterocycles. The molecule has 0 amide bonds. The van der Waals surface area contributed by atoms with Gasteiger partial charge in [0.2, 0.25) is 0 Å². The number of rotatable bonds is 1. The predicted molar refractivity (Wildman–Crippen MR) is 78.7 cm³/mol. The van der Waals surface area contributed by atoms with Crippen LogP contribution in [0.3, 0.4) is 0 Å². The van der Waals surface area contributed by atoms with Crippen LogP contribution < -0.4 is 5.32 Å². The minimum absolute atomic E-state index is 0.200. The van der Waals surface area contributed by atoms with Crippen molar-refractivity contribution >= 4 is 17.3 Å². The van der Waals surface area contributed by atoms with Crippen LogP contribution in [0.2, 0.25) is 0 Å². The molecular formula is C12H26N2P2. The smallest absolute Gasteiger partial charge is 0.0419 e. The van der Waals surface area contributed by atoms with Crippen LogP contribution in [0.5, 0.6) is 0 Å². The van der Waals surface area contributed by atoms with Crippen LogP contribution in [0, 0.1) is 10.8 Å². The van der Waals surface area contributed by atoms with Gasteiger partial charge in [0.05, 0.1) is 0 Å². The molecule has 0 saturated carbocycles. The molecule has 1 rings (SSSR count). The van der Waals surface area contributed by atoms with E-state index in [0.29, 0.717) is 0 Å². The van der Waals surface area contributed by atoms with Crippen molar-refractivity contribution < 1.29 is 0 Å². The zero-order chi connectivity index (χ0) is 12.6. The number of hydrogen-bond donors (Lipinski definition) is 1. The first-order valence-corrected chi connectivity index (χ1v) is 8.66. The van der Waals surface area contributed by atoms with Crippen molar-refractivity contribution in [3.63, 3.8) is 0 Å². The van der Waals surface area contributed by atoms with Crippen molar-refractivity contribution in [2.24, 2.45) is 10.8 Å². The molecular weight excluding hydrogens is 234 g/mol. The van der Waals surface area contributed by atoms with Gasteiger partial charge >= 0.3 is 0 Å². The molecule has 2 unspecified atom stereocenters. The highest BCUT2D eigenvalue weighted by atomic mass is 32.0. The molecule has 4 heteroatoms. The SMILES string of the molecule is CC(C)(C)C1=C(C(C)(C)C)N(PP)CCN1. The lowest BCUT2D eigenvalue weighted by Crippen LogP contribution is -2.42. The summed E-state index contributed by atoms with van der Waals surface area (Å²) in [4.78, 5) is 0. The van der Waals surface area contributed by atoms with Crippen LogP contribution in [-0.2, 0) is 0 Å². The Labute approximate surface area is 105 Å². The molecule has 0 aromatic heterocycles. The fourth-order valence-corrected chi connectivity index (χ4v) is 3.74. The number of nitrogens with one attached hydrogen (secondary N) is 1. The molecule has 0 radical (unpaired) electrons. The lowest BCUT2D eigenvalue weighted by molar-refractivity contribution is 0.313. The average Bonchev–Trinajstić information content (AvgIpc) is 2.13. The van der Waals surface area contributed by atoms with Crippen molar-refractivity contribution in [1.29, 1.82) is 0 Å². The predicted octanol–water partition coefficient (Wildman–Crippen LogP) is 3.58. The van der Waals surface area contributed by atoms with Gasteiger partial charge in [-0.25, -0.2) is 0 Å². The second-order valence-corrected chi connectivity index (χ2v) is 8.00. The van der Waals surface area contributed by atoms with E-state index in [1.165, 1.54) is 11.4 Å². The van der Waals surface area contributed by atoms with E-state index in [2.05, 4.69) is 60.5 Å². The van der Waals surface area contributed by atoms with Crippen molar-refractivity contribution in [1.82, 2.24) is 9.99 Å². The van der Waals surface area contributed by atoms with Gasteiger partial charge in [-0.05, 0) is 8.42 Å². The van der Waals surface area contributed by atoms with Gasteiger partial charge < -0.3 is 9.99 Å². The molecule has 2 atom stereocenters. The quantitative estimate of drug-likeness (QED) is 0.725. The van der Waals surface area contributed by atoms with Crippen LogP contribution in [0.25, 0.3) is 0 Å². The fourth-order valence-electron chi connectivity index (χ4n) is 2.15. The third-order valence-corrected chi connectivity index (χ3v) is 4.45. The molecule has 1 N–H and O–H groups in total. The molecule has 0 bridgehead atoms. The van der Waals surface area contributed by atoms with E-state index in [-0.39, 0.29) is 10.8 Å². The normalized spacial score (nSPS) is 19.6. The zero-order valence-corrected chi connectivity index (χ0v) is 13.6. The summed E-state index contributed by atoms with van der Waals surface area (Å²) in [6.07, 6.45) is 0. The maximum absolute atomic E-state index is 3.61. The summed E-state index contributed by atoms with van der Waals surface area (Å²) < 4.78 is 2.52. The Morgan fingerprint density at radius 2 is 1.69 bits per heavy atom. The second-order valence-electron chi connectivity index (χ2n) is 6.43. The summed E-state index contributed by atoms with van der Waals surface area (Å²) in [5.74, 6) is 0. The third-order valence-electron chi connectivity index (χ3n) is 2.76. The minimum atomic E-state index is 0.200. The van der Waals surface area contributed by atoms with Gasteiger partial charge in [-0.2, -0.15) is 0 Å². The third kappa shape index (κ3) is 3.11. The van der Waals surface area contributed by atoms with E-state index in [4.69, 9.17) is 0 Å². The lowest BCUT2D eigenvalue weighted by Gasteiger charge is -2.43. The first-order chi connectivity index (χ1) is 7.18. The summed E-state index contributed by atoms with van der Waals surface area (Å²) in [5, 5.41) is 3.61. The molecule has 0 aromatic rings. The largest absolute Gasteiger partial charge is 0.385 e. The molecule has 94 valence electrons. The van der Waals surface area contributed by atoms with E-state index >= 15 is 0 Å². The summed E-state index contributed by atoms with van der Waals surface area (Å²) in [5.41, 5.74) is 3.31. The summed E-state index contributed by atoms with van der Waals surface area (Å²) >= 11 is 0. The van der Waals surface area contributed by atoms with Gasteiger partial charge in [-0.15, -0.1) is 0 Å². The fraction of sp³-hybridized carbons (Fsp3) is 0.833. The van der Waals surface area contributed by atoms with Crippen LogP contribution in [-0.4, -0.2) is 17.8 Å². The summed E-state index contributed by atoms with van der Waals surface area (Å²) in [7, 11) is 3.66. The Bertz CT molecular complexity index is 284. The van der Waals surface area contributed by atoms with E-state index < -0.39 is 0 Å². The molecule has 0 saturated heterocycles. The highest BCUT2D eigenvalue weighted by Crippen LogP contribution is 2.44. The van der Waals surface area contributed by atoms with E-state index in [9.17, 15) is 0 Å². The average molecular weight is 260 g/mol. The van der Waals surface area contributed by atoms with Gasteiger partial charge in [0, 0.05) is 35.3 Å². The van der Waals surface area contributed by atoms with Crippen molar-refractivity contribution in [3.8, 4) is 0 Å². The Morgan fingerprint density at radius 1 is 1.12 bits per heavy atom. The first-order valence-electron chi connectivity index (χ1n) is 5.91. The molecule has 1 aliphatic rings. The Kier molecular flexibility index (Phi) is 4.30. The van der Waals surface area contributed by atoms with Crippen LogP contribution in [0.15, 0.2) is 11.4 Å². The molecule has 0 aromatic carbocycles. The van der Waals surface area contributed by atoms with Crippen LogP contribution in [0.1, 0.15) is 41.5 Å². The Balaban J connectivity index is 3.26. The van der Waals surface area contributed by atoms with Crippen molar-refractivity contribution in [2.75, 3.05) is 13.1 Å². The topological polar surface area (TPSA) is 15.3 Å². The highest BCUT2D eigenvalue weighted by Gasteiger charge is 2.33. The van der Waals surface area contributed by atoms with Gasteiger partial charge in [-0.3, -0.25) is 0 Å². The van der Waals surface area contributed by atoms with E-state index in [0.717, 1.165) is 21.5 Å². The van der Waals surface area contributed by atoms with Crippen molar-refractivity contribution in [2.45, 2.75) is 41.5 Å². The molecule has 1 aliphatic heterocycles. The first kappa shape index (κ1) is 14.3. The minimum Gasteiger partial charge on any atom is -0.385 e. The molecule has 2 nitrogen and oxygen atoms in total. The molecule has 0 spiro atoms. The summed E-state index contributed by atoms with van der Waals surface area (Å²) in [6, 6.07) is 0. The van der Waals surface area contributed by atoms with Crippen LogP contribution >= 0.6 is 17.3 Å². The summed E-state index contributed by atoms with van der Waals surface area (Å²) in [6.45, 7) is 16.0. The zero-order valence-electron chi connectivity index (χ0n) is 11.4. The van der Waals surface area contributed by atoms with E-state index in [1.54, 1.807) is 0 Å². The molecule has 0 fully saturated rings. The lowest BCUT2D eigenvalue weighted by atomic mass is 9.81. The van der Waals surface area contributed by atoms with E-state index in [1.807, 2.05) is 0 Å². The number of hydrogen-bond acceptors (Lipinski definition) is 2. The Hall–Kier alpha value is 0.200. The number of nitrogens with zero attached hydrogens (tertiary/aromatic N) is 1. The monoisotopic (exact) mass is 260 g/mol. The van der Waals surface area contributed by atoms with Gasteiger partial charge in [0.15, 0.2) is 0 Å². The highest BCUT2D eigenvalue weighted by molar-refractivity contribution is 8.01. The molecule has 0 aliphatic carbocycles. The standard InChI is InChI=1S/C12H26N2P2/c1-11(2,3)9-10(12(4,5)6)14(16-15)8-7-13-9/h13,16H,7-8,15H2,1-6H3.